The molecule has 0 aromatic rings. The maximum atomic E-state index is 2.54. The third-order valence-corrected chi connectivity index (χ3v) is 26.6. The van der Waals surface area contributed by atoms with Gasteiger partial charge in [0.15, 0.2) is 0 Å². The van der Waals surface area contributed by atoms with Crippen LogP contribution >= 0.6 is 7.68 Å². The van der Waals surface area contributed by atoms with Crippen molar-refractivity contribution in [3.63, 3.8) is 0 Å². The topological polar surface area (TPSA) is 0 Å². The van der Waals surface area contributed by atoms with Gasteiger partial charge in [0.1, 0.15) is 0 Å². The standard InChI is InChI=1S/C9H25PSi2/c1-7-12(8-2,9-3)10-11(4,5)6/h10H,7-9H2,1-6H3. The van der Waals surface area contributed by atoms with E-state index in [9.17, 15) is 0 Å². The Morgan fingerprint density at radius 3 is 1.25 bits per heavy atom. The van der Waals surface area contributed by atoms with Crippen molar-refractivity contribution in [2.45, 2.75) is 58.5 Å². The van der Waals surface area contributed by atoms with E-state index in [4.69, 9.17) is 0 Å². The average molecular weight is 220 g/mol. The first kappa shape index (κ1) is 12.9. The molecular weight excluding hydrogens is 195 g/mol. The third-order valence-electron chi connectivity index (χ3n) is 2.67. The Bertz CT molecular complexity index is 117. The molecule has 0 spiro atoms. The first-order valence-electron chi connectivity index (χ1n) is 5.18. The van der Waals surface area contributed by atoms with Gasteiger partial charge in [0.25, 0.3) is 0 Å². The fourth-order valence-electron chi connectivity index (χ4n) is 1.81. The smallest absolute Gasteiger partial charge is 0.0731 e. The maximum Gasteiger partial charge on any atom is 0.0731 e. The Kier molecular flexibility index (Phi) is 5.28. The van der Waals surface area contributed by atoms with Gasteiger partial charge in [0, 0.05) is 0 Å². The fourth-order valence-corrected chi connectivity index (χ4v) is 30.9. The van der Waals surface area contributed by atoms with Gasteiger partial charge in [-0.1, -0.05) is 58.5 Å². The van der Waals surface area contributed by atoms with Crippen LogP contribution < -0.4 is 0 Å². The van der Waals surface area contributed by atoms with Gasteiger partial charge < -0.3 is 0 Å². The van der Waals surface area contributed by atoms with Gasteiger partial charge in [0.05, 0.1) is 15.5 Å². The van der Waals surface area contributed by atoms with Crippen molar-refractivity contribution >= 4 is 23.2 Å². The highest BCUT2D eigenvalue weighted by Gasteiger charge is 2.32. The van der Waals surface area contributed by atoms with Gasteiger partial charge in [-0.25, -0.2) is 0 Å². The van der Waals surface area contributed by atoms with Crippen LogP contribution in [0.1, 0.15) is 20.8 Å². The molecule has 0 amide bonds. The zero-order valence-electron chi connectivity index (χ0n) is 9.62. The number of hydrogen-bond donors (Lipinski definition) is 0. The molecule has 0 nitrogen and oxygen atoms in total. The van der Waals surface area contributed by atoms with Gasteiger partial charge in [-0.3, -0.25) is 0 Å². The molecule has 0 aromatic heterocycles. The second-order valence-electron chi connectivity index (χ2n) is 4.72. The predicted molar refractivity (Wildman–Crippen MR) is 68.9 cm³/mol. The monoisotopic (exact) mass is 220 g/mol. The maximum absolute atomic E-state index is 2.54. The van der Waals surface area contributed by atoms with Crippen molar-refractivity contribution < 1.29 is 0 Å². The van der Waals surface area contributed by atoms with Crippen LogP contribution in [0.5, 0.6) is 0 Å². The summed E-state index contributed by atoms with van der Waals surface area (Å²) in [6.45, 7) is 14.9. The second-order valence-corrected chi connectivity index (χ2v) is 24.8. The van der Waals surface area contributed by atoms with Gasteiger partial charge in [0.2, 0.25) is 0 Å². The summed E-state index contributed by atoms with van der Waals surface area (Å²) in [6.07, 6.45) is 0. The summed E-state index contributed by atoms with van der Waals surface area (Å²) in [6, 6.07) is 4.55. The quantitative estimate of drug-likeness (QED) is 0.472. The molecule has 0 fully saturated rings. The van der Waals surface area contributed by atoms with Gasteiger partial charge in [-0.2, -0.15) is 0 Å². The fraction of sp³-hybridized carbons (Fsp3) is 1.00. The summed E-state index contributed by atoms with van der Waals surface area (Å²) in [5.74, 6) is 0. The van der Waals surface area contributed by atoms with Crippen LogP contribution in [0.2, 0.25) is 37.8 Å². The normalized spacial score (nSPS) is 14.5. The van der Waals surface area contributed by atoms with E-state index in [0.29, 0.717) is 0 Å². The number of hydrogen-bond acceptors (Lipinski definition) is 0. The van der Waals surface area contributed by atoms with Crippen LogP contribution in [0.3, 0.4) is 0 Å². The summed E-state index contributed by atoms with van der Waals surface area (Å²) in [5, 5.41) is 0. The second kappa shape index (κ2) is 4.92. The van der Waals surface area contributed by atoms with Crippen LogP contribution in [0.15, 0.2) is 0 Å². The summed E-state index contributed by atoms with van der Waals surface area (Å²) >= 11 is 0. The van der Waals surface area contributed by atoms with Crippen molar-refractivity contribution in [1.29, 1.82) is 0 Å². The minimum Gasteiger partial charge on any atom is -0.144 e. The van der Waals surface area contributed by atoms with E-state index in [1.807, 2.05) is 0 Å². The molecule has 0 aliphatic heterocycles. The summed E-state index contributed by atoms with van der Waals surface area (Å²) in [5.41, 5.74) is 0. The highest BCUT2D eigenvalue weighted by Crippen LogP contribution is 2.44. The molecule has 0 radical (unpaired) electrons. The molecule has 0 rings (SSSR count). The Morgan fingerprint density at radius 2 is 1.17 bits per heavy atom. The van der Waals surface area contributed by atoms with Crippen LogP contribution in [-0.4, -0.2) is 15.5 Å². The minimum atomic E-state index is -0.766. The lowest BCUT2D eigenvalue weighted by Crippen LogP contribution is -2.32. The van der Waals surface area contributed by atoms with Crippen molar-refractivity contribution in [3.05, 3.63) is 0 Å². The molecular formula is C9H25PSi2. The molecule has 74 valence electrons. The molecule has 0 bridgehead atoms. The Balaban J connectivity index is 4.30. The molecule has 12 heavy (non-hydrogen) atoms. The molecule has 0 heterocycles. The Labute approximate surface area is 82.0 Å². The van der Waals surface area contributed by atoms with Gasteiger partial charge in [-0.05, 0) is 0 Å². The van der Waals surface area contributed by atoms with Crippen LogP contribution in [0, 0.1) is 0 Å². The molecule has 1 unspecified atom stereocenters. The summed E-state index contributed by atoms with van der Waals surface area (Å²) in [7, 11) is -0.149. The molecule has 0 N–H and O–H groups in total. The van der Waals surface area contributed by atoms with Crippen molar-refractivity contribution in [3.8, 4) is 0 Å². The van der Waals surface area contributed by atoms with E-state index in [1.54, 1.807) is 0 Å². The molecule has 1 atom stereocenters. The van der Waals surface area contributed by atoms with E-state index in [2.05, 4.69) is 40.4 Å². The lowest BCUT2D eigenvalue weighted by atomic mass is 10.9. The molecule has 0 aliphatic carbocycles. The molecule has 0 aliphatic rings. The highest BCUT2D eigenvalue weighted by molar-refractivity contribution is 8.07. The van der Waals surface area contributed by atoms with Crippen LogP contribution in [0.4, 0.5) is 0 Å². The predicted octanol–water partition coefficient (Wildman–Crippen LogP) is 4.51. The van der Waals surface area contributed by atoms with E-state index in [0.717, 1.165) is 0 Å². The molecule has 0 aromatic carbocycles. The SMILES string of the molecule is CC[Si](CC)(CC)P[Si](C)(C)C. The average Bonchev–Trinajstić information content (AvgIpc) is 1.99. The van der Waals surface area contributed by atoms with Crippen LogP contribution in [0.25, 0.3) is 0 Å². The van der Waals surface area contributed by atoms with E-state index in [1.165, 1.54) is 25.8 Å². The minimum absolute atomic E-state index is 0.763. The lowest BCUT2D eigenvalue weighted by molar-refractivity contribution is 1.22. The molecule has 0 saturated heterocycles. The van der Waals surface area contributed by atoms with E-state index < -0.39 is 15.5 Å². The number of rotatable bonds is 5. The van der Waals surface area contributed by atoms with Gasteiger partial charge in [-0.15, -0.1) is 7.68 Å². The summed E-state index contributed by atoms with van der Waals surface area (Å²) < 4.78 is 0. The highest BCUT2D eigenvalue weighted by atomic mass is 31.6. The lowest BCUT2D eigenvalue weighted by Gasteiger charge is -2.34. The summed E-state index contributed by atoms with van der Waals surface area (Å²) in [4.78, 5) is 0. The molecule has 0 saturated carbocycles. The first-order valence-corrected chi connectivity index (χ1v) is 14.3. The van der Waals surface area contributed by atoms with E-state index in [-0.39, 0.29) is 0 Å². The van der Waals surface area contributed by atoms with Crippen LogP contribution in [-0.2, 0) is 0 Å². The zero-order valence-corrected chi connectivity index (χ0v) is 12.6. The van der Waals surface area contributed by atoms with Gasteiger partial charge >= 0.3 is 0 Å². The Hall–Kier alpha value is 0.864. The largest absolute Gasteiger partial charge is 0.144 e. The van der Waals surface area contributed by atoms with Crippen molar-refractivity contribution in [2.75, 3.05) is 0 Å². The third kappa shape index (κ3) is 4.20. The molecule has 3 heteroatoms. The van der Waals surface area contributed by atoms with Crippen molar-refractivity contribution in [2.24, 2.45) is 0 Å². The Morgan fingerprint density at radius 1 is 0.833 bits per heavy atom. The first-order chi connectivity index (χ1) is 5.39. The van der Waals surface area contributed by atoms with Crippen molar-refractivity contribution in [1.82, 2.24) is 0 Å². The van der Waals surface area contributed by atoms with E-state index >= 15 is 0 Å². The zero-order chi connectivity index (χ0) is 9.83.